The van der Waals surface area contributed by atoms with Gasteiger partial charge >= 0.3 is 0 Å². The first-order chi connectivity index (χ1) is 7.29. The average Bonchev–Trinajstić information content (AvgIpc) is 2.26. The molecule has 0 unspecified atom stereocenters. The molecule has 2 rings (SSSR count). The SMILES string of the molecule is CCCCc1ccc2cc(F)ccc2n1. The van der Waals surface area contributed by atoms with E-state index >= 15 is 0 Å². The second kappa shape index (κ2) is 4.39. The van der Waals surface area contributed by atoms with Crippen LogP contribution in [0.3, 0.4) is 0 Å². The number of pyridine rings is 1. The van der Waals surface area contributed by atoms with Crippen molar-refractivity contribution >= 4 is 10.9 Å². The standard InChI is InChI=1S/C13H14FN/c1-2-3-4-12-7-5-10-9-11(14)6-8-13(10)15-12/h5-9H,2-4H2,1H3. The third-order valence-electron chi connectivity index (χ3n) is 2.50. The molecule has 15 heavy (non-hydrogen) atoms. The van der Waals surface area contributed by atoms with Crippen molar-refractivity contribution in [2.45, 2.75) is 26.2 Å². The van der Waals surface area contributed by atoms with Gasteiger partial charge in [0.05, 0.1) is 5.52 Å². The van der Waals surface area contributed by atoms with Gasteiger partial charge in [-0.25, -0.2) is 4.39 Å². The number of benzene rings is 1. The lowest BCUT2D eigenvalue weighted by molar-refractivity contribution is 0.629. The van der Waals surface area contributed by atoms with Crippen molar-refractivity contribution in [3.05, 3.63) is 41.8 Å². The summed E-state index contributed by atoms with van der Waals surface area (Å²) in [6.07, 6.45) is 3.33. The molecule has 0 atom stereocenters. The zero-order valence-electron chi connectivity index (χ0n) is 8.83. The quantitative estimate of drug-likeness (QED) is 0.741. The first kappa shape index (κ1) is 10.1. The minimum absolute atomic E-state index is 0.203. The maximum atomic E-state index is 12.9. The summed E-state index contributed by atoms with van der Waals surface area (Å²) in [5.41, 5.74) is 1.97. The third kappa shape index (κ3) is 2.32. The molecule has 0 saturated heterocycles. The minimum Gasteiger partial charge on any atom is -0.253 e. The van der Waals surface area contributed by atoms with E-state index in [0.29, 0.717) is 0 Å². The Bertz CT molecular complexity index is 465. The molecular formula is C13H14FN. The van der Waals surface area contributed by atoms with Crippen LogP contribution in [0.25, 0.3) is 10.9 Å². The van der Waals surface area contributed by atoms with E-state index in [0.717, 1.165) is 29.4 Å². The number of hydrogen-bond acceptors (Lipinski definition) is 1. The van der Waals surface area contributed by atoms with Gasteiger partial charge in [-0.2, -0.15) is 0 Å². The van der Waals surface area contributed by atoms with Gasteiger partial charge in [-0.3, -0.25) is 4.98 Å². The Morgan fingerprint density at radius 3 is 2.87 bits per heavy atom. The molecule has 1 aromatic heterocycles. The molecule has 0 aliphatic rings. The number of aromatic nitrogens is 1. The molecule has 0 radical (unpaired) electrons. The summed E-state index contributed by atoms with van der Waals surface area (Å²) >= 11 is 0. The van der Waals surface area contributed by atoms with Crippen molar-refractivity contribution < 1.29 is 4.39 Å². The molecule has 1 aromatic carbocycles. The second-order valence-corrected chi connectivity index (χ2v) is 3.74. The van der Waals surface area contributed by atoms with Gasteiger partial charge in [-0.15, -0.1) is 0 Å². The Balaban J connectivity index is 2.34. The average molecular weight is 203 g/mol. The maximum Gasteiger partial charge on any atom is 0.123 e. The van der Waals surface area contributed by atoms with Gasteiger partial charge in [-0.1, -0.05) is 19.4 Å². The first-order valence-electron chi connectivity index (χ1n) is 5.35. The lowest BCUT2D eigenvalue weighted by Gasteiger charge is -2.02. The van der Waals surface area contributed by atoms with E-state index in [1.165, 1.54) is 18.6 Å². The van der Waals surface area contributed by atoms with Gasteiger partial charge in [0.1, 0.15) is 5.82 Å². The second-order valence-electron chi connectivity index (χ2n) is 3.74. The molecule has 2 heteroatoms. The Morgan fingerprint density at radius 2 is 2.07 bits per heavy atom. The highest BCUT2D eigenvalue weighted by molar-refractivity contribution is 5.78. The van der Waals surface area contributed by atoms with Crippen LogP contribution in [-0.4, -0.2) is 4.98 Å². The Morgan fingerprint density at radius 1 is 1.20 bits per heavy atom. The molecule has 0 N–H and O–H groups in total. The predicted octanol–water partition coefficient (Wildman–Crippen LogP) is 3.72. The molecule has 1 heterocycles. The number of hydrogen-bond donors (Lipinski definition) is 0. The molecule has 0 aliphatic carbocycles. The van der Waals surface area contributed by atoms with Gasteiger partial charge in [-0.05, 0) is 37.1 Å². The van der Waals surface area contributed by atoms with Gasteiger partial charge in [0.25, 0.3) is 0 Å². The smallest absolute Gasteiger partial charge is 0.123 e. The van der Waals surface area contributed by atoms with E-state index in [9.17, 15) is 4.39 Å². The topological polar surface area (TPSA) is 12.9 Å². The molecule has 0 saturated carbocycles. The van der Waals surface area contributed by atoms with Crippen molar-refractivity contribution in [2.24, 2.45) is 0 Å². The highest BCUT2D eigenvalue weighted by atomic mass is 19.1. The molecule has 0 fully saturated rings. The monoisotopic (exact) mass is 203 g/mol. The molecule has 2 aromatic rings. The molecule has 1 nitrogen and oxygen atoms in total. The molecule has 0 aliphatic heterocycles. The summed E-state index contributed by atoms with van der Waals surface area (Å²) in [5, 5.41) is 0.871. The third-order valence-corrected chi connectivity index (χ3v) is 2.50. The molecule has 0 spiro atoms. The van der Waals surface area contributed by atoms with Crippen LogP contribution in [0.1, 0.15) is 25.5 Å². The van der Waals surface area contributed by atoms with E-state index in [1.807, 2.05) is 12.1 Å². The van der Waals surface area contributed by atoms with E-state index in [1.54, 1.807) is 6.07 Å². The van der Waals surface area contributed by atoms with Crippen molar-refractivity contribution in [3.8, 4) is 0 Å². The fraction of sp³-hybridized carbons (Fsp3) is 0.308. The van der Waals surface area contributed by atoms with Crippen molar-refractivity contribution in [1.29, 1.82) is 0 Å². The summed E-state index contributed by atoms with van der Waals surface area (Å²) in [4.78, 5) is 4.49. The van der Waals surface area contributed by atoms with Crippen LogP contribution in [0, 0.1) is 5.82 Å². The number of unbranched alkanes of at least 4 members (excludes halogenated alkanes) is 1. The Hall–Kier alpha value is -1.44. The number of aryl methyl sites for hydroxylation is 1. The minimum atomic E-state index is -0.203. The van der Waals surface area contributed by atoms with Crippen molar-refractivity contribution in [2.75, 3.05) is 0 Å². The molecule has 78 valence electrons. The van der Waals surface area contributed by atoms with Crippen LogP contribution in [-0.2, 0) is 6.42 Å². The van der Waals surface area contributed by atoms with Crippen LogP contribution in [0.4, 0.5) is 4.39 Å². The zero-order valence-corrected chi connectivity index (χ0v) is 8.83. The van der Waals surface area contributed by atoms with Gasteiger partial charge in [0, 0.05) is 11.1 Å². The van der Waals surface area contributed by atoms with E-state index < -0.39 is 0 Å². The fourth-order valence-corrected chi connectivity index (χ4v) is 1.64. The Kier molecular flexibility index (Phi) is 2.95. The largest absolute Gasteiger partial charge is 0.253 e. The van der Waals surface area contributed by atoms with E-state index in [4.69, 9.17) is 0 Å². The highest BCUT2D eigenvalue weighted by Gasteiger charge is 1.99. The molecule has 0 amide bonds. The maximum absolute atomic E-state index is 12.9. The van der Waals surface area contributed by atoms with Crippen LogP contribution in [0.5, 0.6) is 0 Å². The van der Waals surface area contributed by atoms with Crippen LogP contribution in [0.15, 0.2) is 30.3 Å². The molecular weight excluding hydrogens is 189 g/mol. The zero-order chi connectivity index (χ0) is 10.7. The van der Waals surface area contributed by atoms with Crippen LogP contribution in [0.2, 0.25) is 0 Å². The fourth-order valence-electron chi connectivity index (χ4n) is 1.64. The van der Waals surface area contributed by atoms with E-state index in [2.05, 4.69) is 11.9 Å². The molecule has 0 bridgehead atoms. The summed E-state index contributed by atoms with van der Waals surface area (Å²) in [7, 11) is 0. The number of rotatable bonds is 3. The van der Waals surface area contributed by atoms with Gasteiger partial charge in [0.15, 0.2) is 0 Å². The highest BCUT2D eigenvalue weighted by Crippen LogP contribution is 2.15. The number of nitrogens with zero attached hydrogens (tertiary/aromatic N) is 1. The van der Waals surface area contributed by atoms with Crippen molar-refractivity contribution in [3.63, 3.8) is 0 Å². The van der Waals surface area contributed by atoms with Crippen molar-refractivity contribution in [1.82, 2.24) is 4.98 Å². The first-order valence-corrected chi connectivity index (χ1v) is 5.35. The van der Waals surface area contributed by atoms with Gasteiger partial charge in [0.2, 0.25) is 0 Å². The predicted molar refractivity (Wildman–Crippen MR) is 60.3 cm³/mol. The summed E-state index contributed by atoms with van der Waals surface area (Å²) < 4.78 is 12.9. The van der Waals surface area contributed by atoms with Gasteiger partial charge < -0.3 is 0 Å². The van der Waals surface area contributed by atoms with Crippen LogP contribution >= 0.6 is 0 Å². The van der Waals surface area contributed by atoms with E-state index in [-0.39, 0.29) is 5.82 Å². The number of halogens is 1. The lowest BCUT2D eigenvalue weighted by Crippen LogP contribution is -1.90. The summed E-state index contributed by atoms with van der Waals surface area (Å²) in [6.45, 7) is 2.16. The summed E-state index contributed by atoms with van der Waals surface area (Å²) in [6, 6.07) is 8.64. The van der Waals surface area contributed by atoms with Crippen LogP contribution < -0.4 is 0 Å². The Labute approximate surface area is 89.0 Å². The normalized spacial score (nSPS) is 10.8. The lowest BCUT2D eigenvalue weighted by atomic mass is 10.1. The number of fused-ring (bicyclic) bond motifs is 1. The summed E-state index contributed by atoms with van der Waals surface area (Å²) in [5.74, 6) is -0.203.